The molecule has 1 aliphatic heterocycles. The molecule has 0 saturated carbocycles. The molecule has 1 aliphatic rings. The minimum atomic E-state index is 0.519. The molecule has 1 saturated heterocycles. The maximum atomic E-state index is 5.36. The van der Waals surface area contributed by atoms with Crippen LogP contribution in [0.15, 0.2) is 0 Å². The summed E-state index contributed by atoms with van der Waals surface area (Å²) < 4.78 is 5.36. The maximum absolute atomic E-state index is 5.36. The van der Waals surface area contributed by atoms with Crippen LogP contribution in [0.5, 0.6) is 0 Å². The zero-order chi connectivity index (χ0) is 7.56. The van der Waals surface area contributed by atoms with Gasteiger partial charge in [-0.05, 0) is 18.1 Å². The number of thioether (sulfide) groups is 1. The van der Waals surface area contributed by atoms with Crippen LogP contribution in [0, 0.1) is 5.92 Å². The fourth-order valence-electron chi connectivity index (χ4n) is 1.47. The third-order valence-corrected chi connectivity index (χ3v) is 3.74. The van der Waals surface area contributed by atoms with Crippen LogP contribution < -0.4 is 0 Å². The third-order valence-electron chi connectivity index (χ3n) is 2.04. The van der Waals surface area contributed by atoms with Gasteiger partial charge < -0.3 is 4.74 Å². The molecule has 1 heterocycles. The predicted molar refractivity (Wildman–Crippen MR) is 46.5 cm³/mol. The Morgan fingerprint density at radius 1 is 1.50 bits per heavy atom. The largest absolute Gasteiger partial charge is 0.380 e. The summed E-state index contributed by atoms with van der Waals surface area (Å²) in [6, 6.07) is 0. The monoisotopic (exact) mass is 160 g/mol. The normalized spacial score (nSPS) is 33.6. The van der Waals surface area contributed by atoms with Gasteiger partial charge in [-0.3, -0.25) is 0 Å². The summed E-state index contributed by atoms with van der Waals surface area (Å²) in [5.74, 6) is 2.04. The second-order valence-electron chi connectivity index (χ2n) is 3.14. The fraction of sp³-hybridized carbons (Fsp3) is 1.00. The van der Waals surface area contributed by atoms with Gasteiger partial charge in [-0.25, -0.2) is 0 Å². The van der Waals surface area contributed by atoms with Crippen LogP contribution in [0.3, 0.4) is 0 Å². The van der Waals surface area contributed by atoms with Gasteiger partial charge in [0.25, 0.3) is 0 Å². The molecule has 60 valence electrons. The molecule has 10 heavy (non-hydrogen) atoms. The first kappa shape index (κ1) is 8.41. The van der Waals surface area contributed by atoms with Crippen LogP contribution in [0.25, 0.3) is 0 Å². The van der Waals surface area contributed by atoms with E-state index in [1.54, 1.807) is 0 Å². The van der Waals surface area contributed by atoms with Crippen LogP contribution in [-0.4, -0.2) is 24.2 Å². The summed E-state index contributed by atoms with van der Waals surface area (Å²) in [6.45, 7) is 4.55. The van der Waals surface area contributed by atoms with Crippen LogP contribution in [0.4, 0.5) is 0 Å². The summed E-state index contributed by atoms with van der Waals surface area (Å²) in [4.78, 5) is 0. The summed E-state index contributed by atoms with van der Waals surface area (Å²) >= 11 is 2.06. The standard InChI is InChI=1S/C8H16OS/c1-6(2)8-7(9-3)4-5-10-8/h6-8H,4-5H2,1-3H3. The molecular weight excluding hydrogens is 144 g/mol. The van der Waals surface area contributed by atoms with Gasteiger partial charge in [-0.1, -0.05) is 13.8 Å². The van der Waals surface area contributed by atoms with Crippen molar-refractivity contribution in [3.63, 3.8) is 0 Å². The van der Waals surface area contributed by atoms with E-state index in [4.69, 9.17) is 4.74 Å². The van der Waals surface area contributed by atoms with Gasteiger partial charge in [0, 0.05) is 12.4 Å². The van der Waals surface area contributed by atoms with E-state index in [-0.39, 0.29) is 0 Å². The van der Waals surface area contributed by atoms with E-state index in [9.17, 15) is 0 Å². The third kappa shape index (κ3) is 1.67. The van der Waals surface area contributed by atoms with Crippen molar-refractivity contribution in [2.45, 2.75) is 31.6 Å². The molecule has 1 rings (SSSR count). The summed E-state index contributed by atoms with van der Waals surface area (Å²) in [7, 11) is 1.83. The van der Waals surface area contributed by atoms with Gasteiger partial charge >= 0.3 is 0 Å². The highest BCUT2D eigenvalue weighted by molar-refractivity contribution is 8.00. The van der Waals surface area contributed by atoms with Crippen LogP contribution in [-0.2, 0) is 4.74 Å². The molecule has 2 heteroatoms. The SMILES string of the molecule is COC1CCSC1C(C)C. The van der Waals surface area contributed by atoms with Crippen molar-refractivity contribution >= 4 is 11.8 Å². The van der Waals surface area contributed by atoms with E-state index in [1.807, 2.05) is 7.11 Å². The van der Waals surface area contributed by atoms with Gasteiger partial charge in [-0.2, -0.15) is 11.8 Å². The average Bonchev–Trinajstić information content (AvgIpc) is 2.33. The first-order chi connectivity index (χ1) is 4.75. The van der Waals surface area contributed by atoms with E-state index in [0.717, 1.165) is 11.2 Å². The lowest BCUT2D eigenvalue weighted by molar-refractivity contribution is 0.0941. The van der Waals surface area contributed by atoms with E-state index in [2.05, 4.69) is 25.6 Å². The molecule has 0 aromatic rings. The highest BCUT2D eigenvalue weighted by atomic mass is 32.2. The number of ether oxygens (including phenoxy) is 1. The van der Waals surface area contributed by atoms with Crippen molar-refractivity contribution in [1.29, 1.82) is 0 Å². The number of methoxy groups -OCH3 is 1. The smallest absolute Gasteiger partial charge is 0.0700 e. The number of rotatable bonds is 2. The van der Waals surface area contributed by atoms with Crippen molar-refractivity contribution in [2.75, 3.05) is 12.9 Å². The quantitative estimate of drug-likeness (QED) is 0.612. The highest BCUT2D eigenvalue weighted by Gasteiger charge is 2.29. The Bertz CT molecular complexity index is 103. The van der Waals surface area contributed by atoms with Crippen molar-refractivity contribution in [1.82, 2.24) is 0 Å². The molecule has 2 atom stereocenters. The second kappa shape index (κ2) is 3.63. The Balaban J connectivity index is 2.42. The lowest BCUT2D eigenvalue weighted by atomic mass is 10.0. The predicted octanol–water partition coefficient (Wildman–Crippen LogP) is 2.16. The zero-order valence-electron chi connectivity index (χ0n) is 6.96. The molecule has 0 spiro atoms. The molecule has 2 unspecified atom stereocenters. The molecule has 1 nitrogen and oxygen atoms in total. The van der Waals surface area contributed by atoms with Gasteiger partial charge in [0.05, 0.1) is 6.10 Å². The molecule has 0 aliphatic carbocycles. The molecule has 0 N–H and O–H groups in total. The first-order valence-corrected chi connectivity index (χ1v) is 4.95. The second-order valence-corrected chi connectivity index (χ2v) is 4.43. The van der Waals surface area contributed by atoms with Gasteiger partial charge in [-0.15, -0.1) is 0 Å². The minimum absolute atomic E-state index is 0.519. The van der Waals surface area contributed by atoms with Gasteiger partial charge in [0.15, 0.2) is 0 Å². The molecule has 0 bridgehead atoms. The molecule has 0 amide bonds. The minimum Gasteiger partial charge on any atom is -0.380 e. The Morgan fingerprint density at radius 2 is 2.20 bits per heavy atom. The van der Waals surface area contributed by atoms with Gasteiger partial charge in [0.2, 0.25) is 0 Å². The summed E-state index contributed by atoms with van der Waals surface area (Å²) in [5.41, 5.74) is 0. The lowest BCUT2D eigenvalue weighted by Crippen LogP contribution is -2.24. The van der Waals surface area contributed by atoms with Crippen molar-refractivity contribution in [3.05, 3.63) is 0 Å². The van der Waals surface area contributed by atoms with Crippen LogP contribution >= 0.6 is 11.8 Å². The molecule has 0 aromatic heterocycles. The van der Waals surface area contributed by atoms with Crippen LogP contribution in [0.1, 0.15) is 20.3 Å². The van der Waals surface area contributed by atoms with E-state index >= 15 is 0 Å². The Labute approximate surface area is 67.5 Å². The van der Waals surface area contributed by atoms with Crippen LogP contribution in [0.2, 0.25) is 0 Å². The van der Waals surface area contributed by atoms with E-state index in [0.29, 0.717) is 6.10 Å². The van der Waals surface area contributed by atoms with Gasteiger partial charge in [0.1, 0.15) is 0 Å². The van der Waals surface area contributed by atoms with E-state index < -0.39 is 0 Å². The zero-order valence-corrected chi connectivity index (χ0v) is 7.78. The molecular formula is C8H16OS. The van der Waals surface area contributed by atoms with E-state index in [1.165, 1.54) is 12.2 Å². The first-order valence-electron chi connectivity index (χ1n) is 3.90. The summed E-state index contributed by atoms with van der Waals surface area (Å²) in [5, 5.41) is 0.741. The molecule has 1 fully saturated rings. The topological polar surface area (TPSA) is 9.23 Å². The Morgan fingerprint density at radius 3 is 2.60 bits per heavy atom. The maximum Gasteiger partial charge on any atom is 0.0700 e. The number of hydrogen-bond acceptors (Lipinski definition) is 2. The average molecular weight is 160 g/mol. The molecule has 0 aromatic carbocycles. The summed E-state index contributed by atoms with van der Waals surface area (Å²) in [6.07, 6.45) is 1.76. The number of hydrogen-bond donors (Lipinski definition) is 0. The van der Waals surface area contributed by atoms with Crippen molar-refractivity contribution < 1.29 is 4.74 Å². The Hall–Kier alpha value is 0.310. The lowest BCUT2D eigenvalue weighted by Gasteiger charge is -2.20. The highest BCUT2D eigenvalue weighted by Crippen LogP contribution is 2.33. The fourth-order valence-corrected chi connectivity index (χ4v) is 2.95. The molecule has 0 radical (unpaired) electrons. The van der Waals surface area contributed by atoms with Crippen molar-refractivity contribution in [2.24, 2.45) is 5.92 Å². The van der Waals surface area contributed by atoms with Crippen molar-refractivity contribution in [3.8, 4) is 0 Å². The Kier molecular flexibility index (Phi) is 3.05.